The highest BCUT2D eigenvalue weighted by atomic mass is 28.5. The van der Waals surface area contributed by atoms with Crippen molar-refractivity contribution in [3.63, 3.8) is 0 Å². The fourth-order valence-corrected chi connectivity index (χ4v) is 25.3. The number of amides is 4. The van der Waals surface area contributed by atoms with Crippen LogP contribution in [0.2, 0.25) is 45.3 Å². The molecule has 0 saturated carbocycles. The van der Waals surface area contributed by atoms with Crippen LogP contribution in [0.25, 0.3) is 0 Å². The van der Waals surface area contributed by atoms with Crippen molar-refractivity contribution in [1.29, 1.82) is 0 Å². The van der Waals surface area contributed by atoms with Crippen LogP contribution >= 0.6 is 0 Å². The summed E-state index contributed by atoms with van der Waals surface area (Å²) in [7, 11) is -7.28. The molecule has 0 aliphatic heterocycles. The number of hydrogen-bond acceptors (Lipinski definition) is 12. The van der Waals surface area contributed by atoms with Gasteiger partial charge >= 0.3 is 32.9 Å². The number of alkyl carbamates (subject to hydrolysis) is 4. The summed E-state index contributed by atoms with van der Waals surface area (Å²) >= 11 is 0. The molecule has 0 aliphatic rings. The summed E-state index contributed by atoms with van der Waals surface area (Å²) in [5, 5.41) is 11.6. The summed E-state index contributed by atoms with van der Waals surface area (Å²) in [4.78, 5) is 66.3. The smallest absolute Gasteiger partial charge is 0.407 e. The molecule has 520 valence electrons. The molecule has 16 nitrogen and oxygen atoms in total. The average molecular weight is 1300 g/mol. The molecule has 0 saturated heterocycles. The van der Waals surface area contributed by atoms with Gasteiger partial charge in [0, 0.05) is 26.2 Å². The van der Waals surface area contributed by atoms with Crippen LogP contribution in [0, 0.1) is 11.8 Å². The second-order valence-corrected chi connectivity index (χ2v) is 38.7. The fourth-order valence-electron chi connectivity index (χ4n) is 11.1. The lowest BCUT2D eigenvalue weighted by Crippen LogP contribution is -2.58. The van der Waals surface area contributed by atoms with E-state index in [1.165, 1.54) is 186 Å². The summed E-state index contributed by atoms with van der Waals surface area (Å²) in [5.41, 5.74) is -0.326. The molecule has 4 N–H and O–H groups in total. The van der Waals surface area contributed by atoms with Crippen LogP contribution in [0.5, 0.6) is 0 Å². The first-order valence-electron chi connectivity index (χ1n) is 35.8. The van der Waals surface area contributed by atoms with Crippen LogP contribution < -0.4 is 21.3 Å². The van der Waals surface area contributed by atoms with Gasteiger partial charge in [-0.15, -0.1) is 0 Å². The number of hydrogen-bond donors (Lipinski definition) is 4. The van der Waals surface area contributed by atoms with E-state index in [1.807, 2.05) is 13.7 Å². The van der Waals surface area contributed by atoms with Crippen molar-refractivity contribution in [1.82, 2.24) is 21.3 Å². The lowest BCUT2D eigenvalue weighted by Gasteiger charge is -2.41. The van der Waals surface area contributed by atoms with Gasteiger partial charge < -0.3 is 53.2 Å². The molecular formula is C69H140N4O12Si3. The summed E-state index contributed by atoms with van der Waals surface area (Å²) in [6, 6.07) is 0.820. The highest BCUT2D eigenvalue weighted by molar-refractivity contribution is 6.88. The van der Waals surface area contributed by atoms with Crippen molar-refractivity contribution in [3.05, 3.63) is 6.58 Å². The van der Waals surface area contributed by atoms with Gasteiger partial charge in [0.1, 0.15) is 18.5 Å². The molecule has 19 heteroatoms. The Morgan fingerprint density at radius 3 is 1.01 bits per heavy atom. The summed E-state index contributed by atoms with van der Waals surface area (Å²) in [6.45, 7) is 31.8. The lowest BCUT2D eigenvalue weighted by atomic mass is 10.0. The first kappa shape index (κ1) is 89.0. The molecular weight excluding hydrogens is 1160 g/mol. The Kier molecular flexibility index (Phi) is 64.6. The van der Waals surface area contributed by atoms with Crippen molar-refractivity contribution in [3.8, 4) is 0 Å². The Morgan fingerprint density at radius 2 is 0.693 bits per heavy atom. The van der Waals surface area contributed by atoms with Gasteiger partial charge in [0.15, 0.2) is 8.32 Å². The van der Waals surface area contributed by atoms with Crippen molar-refractivity contribution in [2.45, 2.75) is 343 Å². The minimum atomic E-state index is -2.60. The van der Waals surface area contributed by atoms with Crippen molar-refractivity contribution in [2.24, 2.45) is 11.8 Å². The molecule has 0 aromatic rings. The van der Waals surface area contributed by atoms with E-state index in [4.69, 9.17) is 36.8 Å². The van der Waals surface area contributed by atoms with Gasteiger partial charge in [-0.1, -0.05) is 240 Å². The zero-order valence-electron chi connectivity index (χ0n) is 59.0. The molecule has 0 rings (SSSR count). The Balaban J connectivity index is -0.0000140. The standard InChI is InChI=1S/C66H136N4O10Si3.C2H2O.CH2O/c1-12-15-17-19-21-23-25-27-29-31-33-35-37-43-50-60(4)58-76-64(72)68-53-46-40-39-45-52-67-63(71)75-56-49-57-81(6,7)79-83(10,11)80-82(8,9)62(14-3)78-66(74)70-55-48-42-41-47-54-69-65(73)77-59-61(5)51-44-38-36-34-32-30-28-26-24-22-20-18-16-13-2;1-2-3;1-2/h60-62H,12-59H2,1-11H3,(H,67,71)(H,68,72)(H,69,73)(H,70,74);1H2;1H2. The third kappa shape index (κ3) is 64.3. The summed E-state index contributed by atoms with van der Waals surface area (Å²) in [6.07, 6.45) is 47.4. The molecule has 4 amide bonds. The van der Waals surface area contributed by atoms with Gasteiger partial charge in [0.25, 0.3) is 0 Å². The number of unbranched alkanes of at least 4 members (excludes halogenated alkanes) is 32. The van der Waals surface area contributed by atoms with E-state index in [-0.39, 0.29) is 17.9 Å². The Bertz CT molecular complexity index is 1640. The predicted octanol–water partition coefficient (Wildman–Crippen LogP) is 19.7. The van der Waals surface area contributed by atoms with E-state index < -0.39 is 37.4 Å². The molecule has 0 heterocycles. The number of ether oxygens (including phenoxy) is 4. The van der Waals surface area contributed by atoms with Crippen LogP contribution in [0.4, 0.5) is 19.2 Å². The molecule has 88 heavy (non-hydrogen) atoms. The zero-order chi connectivity index (χ0) is 66.3. The maximum atomic E-state index is 12.9. The molecule has 0 bridgehead atoms. The molecule has 0 aliphatic carbocycles. The second-order valence-electron chi connectivity index (χ2n) is 26.4. The first-order valence-corrected chi connectivity index (χ1v) is 44.7. The Labute approximate surface area is 543 Å². The Morgan fingerprint density at radius 1 is 0.409 bits per heavy atom. The molecule has 3 unspecified atom stereocenters. The van der Waals surface area contributed by atoms with Gasteiger partial charge in [-0.05, 0) is 115 Å². The van der Waals surface area contributed by atoms with E-state index in [0.29, 0.717) is 70.7 Å². The monoisotopic (exact) mass is 1300 g/mol. The molecule has 0 spiro atoms. The fraction of sp³-hybridized carbons (Fsp3) is 0.899. The number of nitrogens with one attached hydrogen (secondary N) is 4. The van der Waals surface area contributed by atoms with Crippen molar-refractivity contribution in [2.75, 3.05) is 46.0 Å². The van der Waals surface area contributed by atoms with Crippen molar-refractivity contribution >= 4 is 62.3 Å². The number of rotatable bonds is 59. The SMILES string of the molecule is C=C=O.C=O.CCCCCCCCCCCCCCCCC(C)COC(=O)NCCCCCCNC(=O)OCCC[Si](C)(C)O[Si](C)(C)O[Si](C)(C)C(CC)OC(=O)NCCCCCCNC(=O)OCC(C)CCCCCCCCCCCCCCCC. The minimum absolute atomic E-state index is 0.322. The van der Waals surface area contributed by atoms with Crippen LogP contribution in [-0.4, -0.2) is 114 Å². The number of carbonyl (C=O) groups excluding carboxylic acids is 6. The molecule has 3 atom stereocenters. The third-order valence-electron chi connectivity index (χ3n) is 16.0. The van der Waals surface area contributed by atoms with Gasteiger partial charge in [-0.3, -0.25) is 0 Å². The highest BCUT2D eigenvalue weighted by Gasteiger charge is 2.44. The lowest BCUT2D eigenvalue weighted by molar-refractivity contribution is -0.0980. The molecule has 0 aromatic heterocycles. The van der Waals surface area contributed by atoms with Gasteiger partial charge in [0.05, 0.1) is 19.8 Å². The van der Waals surface area contributed by atoms with Crippen molar-refractivity contribution < 1.29 is 55.9 Å². The van der Waals surface area contributed by atoms with E-state index in [9.17, 15) is 19.2 Å². The van der Waals surface area contributed by atoms with Crippen LogP contribution in [-0.2, 0) is 36.8 Å². The summed E-state index contributed by atoms with van der Waals surface area (Å²) in [5.74, 6) is 2.01. The normalized spacial score (nSPS) is 12.4. The van der Waals surface area contributed by atoms with E-state index in [1.54, 1.807) is 0 Å². The molecule has 0 aromatic carbocycles. The van der Waals surface area contributed by atoms with Gasteiger partial charge in [-0.25, -0.2) is 24.0 Å². The quantitative estimate of drug-likeness (QED) is 0.0194. The third-order valence-corrected chi connectivity index (χ3v) is 27.8. The Hall–Kier alpha value is -3.23. The second kappa shape index (κ2) is 63.9. The van der Waals surface area contributed by atoms with Gasteiger partial charge in [-0.2, -0.15) is 0 Å². The maximum Gasteiger partial charge on any atom is 0.407 e. The number of carbonyl (C=O) groups is 5. The maximum absolute atomic E-state index is 12.9. The molecule has 0 fully saturated rings. The molecule has 0 radical (unpaired) electrons. The topological polar surface area (TPSA) is 206 Å². The minimum Gasteiger partial charge on any atom is -0.450 e. The summed E-state index contributed by atoms with van der Waals surface area (Å²) < 4.78 is 36.0. The zero-order valence-corrected chi connectivity index (χ0v) is 62.0. The van der Waals surface area contributed by atoms with Crippen LogP contribution in [0.15, 0.2) is 6.58 Å². The van der Waals surface area contributed by atoms with E-state index in [2.05, 4.69) is 94.8 Å². The van der Waals surface area contributed by atoms with Gasteiger partial charge in [0.2, 0.25) is 8.32 Å². The van der Waals surface area contributed by atoms with Crippen LogP contribution in [0.3, 0.4) is 0 Å². The van der Waals surface area contributed by atoms with E-state index >= 15 is 0 Å². The van der Waals surface area contributed by atoms with Crippen LogP contribution in [0.1, 0.15) is 291 Å². The average Bonchev–Trinajstić information content (AvgIpc) is 1.96. The van der Waals surface area contributed by atoms with E-state index in [0.717, 1.165) is 70.3 Å². The first-order chi connectivity index (χ1) is 42.3. The highest BCUT2D eigenvalue weighted by Crippen LogP contribution is 2.28. The predicted molar refractivity (Wildman–Crippen MR) is 374 cm³/mol. The largest absolute Gasteiger partial charge is 0.450 e.